The van der Waals surface area contributed by atoms with Crippen molar-refractivity contribution < 1.29 is 29.0 Å². The van der Waals surface area contributed by atoms with Gasteiger partial charge in [0, 0.05) is 29.6 Å². The van der Waals surface area contributed by atoms with Crippen molar-refractivity contribution in [1.29, 1.82) is 0 Å². The number of amides is 2. The van der Waals surface area contributed by atoms with Gasteiger partial charge >= 0.3 is 5.63 Å². The molecule has 6 rings (SSSR count). The van der Waals surface area contributed by atoms with Crippen molar-refractivity contribution in [3.05, 3.63) is 122 Å². The van der Waals surface area contributed by atoms with Gasteiger partial charge in [-0.15, -0.1) is 0 Å². The summed E-state index contributed by atoms with van der Waals surface area (Å²) >= 11 is 12.4. The molecule has 3 N–H and O–H groups in total. The monoisotopic (exact) mass is 620 g/mol. The topological polar surface area (TPSA) is 129 Å². The Morgan fingerprint density at radius 2 is 1.74 bits per heavy atom. The number of halogens is 2. The highest BCUT2D eigenvalue weighted by molar-refractivity contribution is 6.42. The molecule has 4 unspecified atom stereocenters. The van der Waals surface area contributed by atoms with Gasteiger partial charge in [-0.3, -0.25) is 9.59 Å². The summed E-state index contributed by atoms with van der Waals surface area (Å²) in [5, 5.41) is 24.9. The minimum absolute atomic E-state index is 0.00728. The Hall–Kier alpha value is -4.15. The molecule has 2 heterocycles. The molecule has 43 heavy (non-hydrogen) atoms. The van der Waals surface area contributed by atoms with E-state index in [1.807, 2.05) is 12.1 Å². The first-order valence-electron chi connectivity index (χ1n) is 13.6. The molecule has 2 aliphatic rings. The Kier molecular flexibility index (Phi) is 7.98. The van der Waals surface area contributed by atoms with Crippen molar-refractivity contribution in [2.24, 2.45) is 0 Å². The fraction of sp³-hybridized carbons (Fsp3) is 0.219. The Balaban J connectivity index is 1.48. The van der Waals surface area contributed by atoms with Crippen LogP contribution in [0.2, 0.25) is 10.0 Å². The lowest BCUT2D eigenvalue weighted by molar-refractivity contribution is -0.118. The second-order valence-electron chi connectivity index (χ2n) is 10.3. The maximum atomic E-state index is 14.3. The van der Waals surface area contributed by atoms with Crippen LogP contribution in [-0.4, -0.2) is 58.3 Å². The highest BCUT2D eigenvalue weighted by Gasteiger charge is 2.50. The van der Waals surface area contributed by atoms with Gasteiger partial charge in [0.1, 0.15) is 29.1 Å². The molecular formula is C32H26Cl2N2O7. The Morgan fingerprint density at radius 3 is 2.53 bits per heavy atom. The maximum Gasteiger partial charge on any atom is 0.349 e. The average molecular weight is 621 g/mol. The van der Waals surface area contributed by atoms with E-state index in [-0.39, 0.29) is 35.9 Å². The third-order valence-corrected chi connectivity index (χ3v) is 8.45. The van der Waals surface area contributed by atoms with E-state index in [1.165, 1.54) is 17.0 Å². The number of ether oxygens (including phenoxy) is 1. The number of rotatable bonds is 7. The largest absolute Gasteiger partial charge is 0.486 e. The van der Waals surface area contributed by atoms with Gasteiger partial charge < -0.3 is 29.6 Å². The molecule has 2 amide bonds. The van der Waals surface area contributed by atoms with Crippen molar-refractivity contribution in [2.45, 2.75) is 30.7 Å². The van der Waals surface area contributed by atoms with Crippen LogP contribution in [0.25, 0.3) is 11.0 Å². The maximum absolute atomic E-state index is 14.3. The van der Waals surface area contributed by atoms with Gasteiger partial charge in [-0.25, -0.2) is 4.79 Å². The normalized spacial score (nSPS) is 20.5. The highest BCUT2D eigenvalue weighted by atomic mass is 35.5. The first kappa shape index (κ1) is 28.9. The molecular weight excluding hydrogens is 595 g/mol. The second-order valence-corrected chi connectivity index (χ2v) is 11.2. The molecule has 1 aliphatic heterocycles. The fourth-order valence-electron chi connectivity index (χ4n) is 5.70. The van der Waals surface area contributed by atoms with Crippen LogP contribution < -0.4 is 15.7 Å². The Labute approximate surface area is 255 Å². The summed E-state index contributed by atoms with van der Waals surface area (Å²) in [7, 11) is 0. The number of benzene rings is 3. The van der Waals surface area contributed by atoms with Gasteiger partial charge in [-0.1, -0.05) is 65.7 Å². The number of nitrogens with one attached hydrogen (secondary N) is 1. The van der Waals surface area contributed by atoms with Crippen molar-refractivity contribution in [1.82, 2.24) is 10.2 Å². The van der Waals surface area contributed by atoms with E-state index < -0.39 is 41.6 Å². The zero-order chi connectivity index (χ0) is 30.2. The molecule has 220 valence electrons. The van der Waals surface area contributed by atoms with E-state index in [2.05, 4.69) is 5.32 Å². The summed E-state index contributed by atoms with van der Waals surface area (Å²) in [5.74, 6) is -1.33. The molecule has 0 fully saturated rings. The van der Waals surface area contributed by atoms with Crippen LogP contribution >= 0.6 is 23.2 Å². The molecule has 1 aromatic heterocycles. The molecule has 11 heteroatoms. The lowest BCUT2D eigenvalue weighted by Crippen LogP contribution is -2.55. The first-order chi connectivity index (χ1) is 20.8. The van der Waals surface area contributed by atoms with Crippen molar-refractivity contribution in [3.8, 4) is 5.75 Å². The number of fused-ring (bicyclic) bond motifs is 4. The van der Waals surface area contributed by atoms with Crippen LogP contribution in [0.15, 0.2) is 93.7 Å². The van der Waals surface area contributed by atoms with E-state index in [1.54, 1.807) is 54.6 Å². The molecule has 0 spiro atoms. The molecule has 0 saturated heterocycles. The predicted octanol–water partition coefficient (Wildman–Crippen LogP) is 4.07. The standard InChI is InChI=1S/C32H26Cl2N2O7/c33-22-10-9-17(13-23(22)34)16-36(31(40)21-14-18-5-1-3-7-25(18)43-32(21)41)24-15-20(30(39)35-11-12-37)27-19-6-2-4-8-26(19)42-29(27)28(24)38/h1-10,13-15,24,27-29,37-38H,11-12,16H2,(H,35,39). The van der Waals surface area contributed by atoms with Gasteiger partial charge in [0.15, 0.2) is 0 Å². The summed E-state index contributed by atoms with van der Waals surface area (Å²) in [6.45, 7) is -0.366. The van der Waals surface area contributed by atoms with E-state index in [0.717, 1.165) is 0 Å². The number of hydrogen-bond acceptors (Lipinski definition) is 7. The van der Waals surface area contributed by atoms with Gasteiger partial charge in [0.25, 0.3) is 5.91 Å². The molecule has 9 nitrogen and oxygen atoms in total. The number of aliphatic hydroxyl groups excluding tert-OH is 2. The SMILES string of the molecule is O=C(NCCO)C1=CC(N(Cc2ccc(Cl)c(Cl)c2)C(=O)c2cc3ccccc3oc2=O)C(O)C2Oc3ccccc3C12. The Bertz CT molecular complexity index is 1820. The van der Waals surface area contributed by atoms with E-state index in [0.29, 0.717) is 32.9 Å². The van der Waals surface area contributed by atoms with Gasteiger partial charge in [-0.05, 0) is 42.0 Å². The number of carbonyl (C=O) groups is 2. The third kappa shape index (κ3) is 5.41. The fourth-order valence-corrected chi connectivity index (χ4v) is 6.02. The number of hydrogen-bond donors (Lipinski definition) is 3. The van der Waals surface area contributed by atoms with Crippen LogP contribution in [0.3, 0.4) is 0 Å². The van der Waals surface area contributed by atoms with Crippen molar-refractivity contribution in [3.63, 3.8) is 0 Å². The van der Waals surface area contributed by atoms with Gasteiger partial charge in [0.2, 0.25) is 5.91 Å². The number of carbonyl (C=O) groups excluding carboxylic acids is 2. The molecule has 4 atom stereocenters. The van der Waals surface area contributed by atoms with E-state index in [9.17, 15) is 24.6 Å². The number of aliphatic hydroxyl groups is 2. The van der Waals surface area contributed by atoms with Crippen LogP contribution in [0.1, 0.15) is 27.4 Å². The minimum atomic E-state index is -1.30. The predicted molar refractivity (Wildman–Crippen MR) is 160 cm³/mol. The summed E-state index contributed by atoms with van der Waals surface area (Å²) in [4.78, 5) is 42.1. The average Bonchev–Trinajstić information content (AvgIpc) is 3.40. The molecule has 3 aromatic carbocycles. The molecule has 0 radical (unpaired) electrons. The molecule has 1 aliphatic carbocycles. The van der Waals surface area contributed by atoms with Crippen LogP contribution in [0.4, 0.5) is 0 Å². The van der Waals surface area contributed by atoms with E-state index in [4.69, 9.17) is 32.4 Å². The van der Waals surface area contributed by atoms with Crippen molar-refractivity contribution in [2.75, 3.05) is 13.2 Å². The van der Waals surface area contributed by atoms with Crippen LogP contribution in [0, 0.1) is 0 Å². The highest BCUT2D eigenvalue weighted by Crippen LogP contribution is 2.47. The lowest BCUT2D eigenvalue weighted by atomic mass is 9.77. The minimum Gasteiger partial charge on any atom is -0.486 e. The van der Waals surface area contributed by atoms with Crippen molar-refractivity contribution >= 4 is 46.0 Å². The summed E-state index contributed by atoms with van der Waals surface area (Å²) in [6.07, 6.45) is -0.687. The second kappa shape index (κ2) is 11.9. The third-order valence-electron chi connectivity index (χ3n) is 7.71. The number of nitrogens with zero attached hydrogens (tertiary/aromatic N) is 1. The molecule has 4 aromatic rings. The Morgan fingerprint density at radius 1 is 0.977 bits per heavy atom. The zero-order valence-electron chi connectivity index (χ0n) is 22.6. The lowest BCUT2D eigenvalue weighted by Gasteiger charge is -2.40. The smallest absolute Gasteiger partial charge is 0.349 e. The zero-order valence-corrected chi connectivity index (χ0v) is 24.1. The summed E-state index contributed by atoms with van der Waals surface area (Å²) in [6, 6.07) is 19.2. The number of para-hydroxylation sites is 2. The van der Waals surface area contributed by atoms with Gasteiger partial charge in [0.05, 0.1) is 28.6 Å². The van der Waals surface area contributed by atoms with Crippen LogP contribution in [-0.2, 0) is 11.3 Å². The van der Waals surface area contributed by atoms with Gasteiger partial charge in [-0.2, -0.15) is 0 Å². The first-order valence-corrected chi connectivity index (χ1v) is 14.3. The van der Waals surface area contributed by atoms with E-state index >= 15 is 0 Å². The molecule has 0 bridgehead atoms. The summed E-state index contributed by atoms with van der Waals surface area (Å²) in [5.41, 5.74) is 0.769. The molecule has 0 saturated carbocycles. The summed E-state index contributed by atoms with van der Waals surface area (Å²) < 4.78 is 11.6. The quantitative estimate of drug-likeness (QED) is 0.266. The van der Waals surface area contributed by atoms with Crippen LogP contribution in [0.5, 0.6) is 5.75 Å².